The van der Waals surface area contributed by atoms with Gasteiger partial charge in [-0.3, -0.25) is 4.57 Å². The number of hydrogen-bond donors (Lipinski definition) is 1. The van der Waals surface area contributed by atoms with Gasteiger partial charge in [0.15, 0.2) is 0 Å². The molecule has 0 radical (unpaired) electrons. The molecule has 0 atom stereocenters. The molecule has 0 fully saturated rings. The molecule has 98 valence electrons. The molecule has 0 spiro atoms. The summed E-state index contributed by atoms with van der Waals surface area (Å²) in [5.74, 6) is 1.05. The zero-order chi connectivity index (χ0) is 13.0. The number of rotatable bonds is 6. The Morgan fingerprint density at radius 1 is 1.39 bits per heavy atom. The highest BCUT2D eigenvalue weighted by Gasteiger charge is 2.10. The van der Waals surface area contributed by atoms with Gasteiger partial charge in [-0.2, -0.15) is 0 Å². The van der Waals surface area contributed by atoms with Gasteiger partial charge in [0.05, 0.1) is 0 Å². The van der Waals surface area contributed by atoms with E-state index >= 15 is 0 Å². The minimum absolute atomic E-state index is 0.459. The summed E-state index contributed by atoms with van der Waals surface area (Å²) >= 11 is 1.61. The second kappa shape index (κ2) is 6.06. The number of aryl methyl sites for hydroxylation is 1. The third-order valence-corrected chi connectivity index (χ3v) is 3.44. The van der Waals surface area contributed by atoms with E-state index < -0.39 is 0 Å². The predicted octanol–water partition coefficient (Wildman–Crippen LogP) is 2.17. The van der Waals surface area contributed by atoms with E-state index in [9.17, 15) is 0 Å². The lowest BCUT2D eigenvalue weighted by molar-refractivity contribution is 0.584. The van der Waals surface area contributed by atoms with Crippen LogP contribution in [0.2, 0.25) is 0 Å². The maximum absolute atomic E-state index is 4.35. The first kappa shape index (κ1) is 13.2. The number of imidazole rings is 1. The van der Waals surface area contributed by atoms with Gasteiger partial charge in [-0.25, -0.2) is 4.98 Å². The first-order valence-electron chi connectivity index (χ1n) is 6.29. The van der Waals surface area contributed by atoms with E-state index in [4.69, 9.17) is 0 Å². The highest BCUT2D eigenvalue weighted by Crippen LogP contribution is 2.17. The van der Waals surface area contributed by atoms with E-state index in [2.05, 4.69) is 41.3 Å². The molecule has 0 unspecified atom stereocenters. The fourth-order valence-corrected chi connectivity index (χ4v) is 2.42. The summed E-state index contributed by atoms with van der Waals surface area (Å²) in [6.45, 7) is 7.17. The van der Waals surface area contributed by atoms with Gasteiger partial charge in [-0.1, -0.05) is 32.1 Å². The molecule has 0 saturated heterocycles. The van der Waals surface area contributed by atoms with Crippen LogP contribution in [0.1, 0.15) is 38.0 Å². The second-order valence-corrected chi connectivity index (χ2v) is 5.52. The Balaban J connectivity index is 2.11. The Kier molecular flexibility index (Phi) is 4.43. The van der Waals surface area contributed by atoms with Crippen LogP contribution in [-0.4, -0.2) is 25.8 Å². The van der Waals surface area contributed by atoms with Crippen LogP contribution >= 0.6 is 11.3 Å². The normalized spacial score (nSPS) is 11.3. The number of nitrogens with zero attached hydrogens (tertiary/aromatic N) is 4. The largest absolute Gasteiger partial charge is 0.308 e. The van der Waals surface area contributed by atoms with E-state index in [1.165, 1.54) is 0 Å². The summed E-state index contributed by atoms with van der Waals surface area (Å²) in [7, 11) is 0. The molecule has 0 bridgehead atoms. The van der Waals surface area contributed by atoms with Crippen molar-refractivity contribution >= 4 is 11.3 Å². The Morgan fingerprint density at radius 2 is 2.22 bits per heavy atom. The lowest BCUT2D eigenvalue weighted by Crippen LogP contribution is -2.21. The Hall–Kier alpha value is -1.27. The van der Waals surface area contributed by atoms with Crippen LogP contribution in [0, 0.1) is 0 Å². The van der Waals surface area contributed by atoms with Crippen LogP contribution in [0.3, 0.4) is 0 Å². The molecular weight excluding hydrogens is 246 g/mol. The van der Waals surface area contributed by atoms with E-state index in [0.717, 1.165) is 35.3 Å². The molecule has 0 saturated carbocycles. The maximum Gasteiger partial charge on any atom is 0.217 e. The van der Waals surface area contributed by atoms with E-state index in [1.54, 1.807) is 11.3 Å². The van der Waals surface area contributed by atoms with Crippen molar-refractivity contribution in [3.8, 4) is 5.13 Å². The number of nitrogens with one attached hydrogen (secondary N) is 1. The predicted molar refractivity (Wildman–Crippen MR) is 73.0 cm³/mol. The highest BCUT2D eigenvalue weighted by atomic mass is 32.1. The SMILES string of the molecule is CCCc1nccn1-c1nnc(CNC(C)C)s1. The molecule has 5 nitrogen and oxygen atoms in total. The van der Waals surface area contributed by atoms with Crippen molar-refractivity contribution in [1.82, 2.24) is 25.1 Å². The maximum atomic E-state index is 4.35. The molecule has 1 N–H and O–H groups in total. The van der Waals surface area contributed by atoms with Crippen molar-refractivity contribution in [3.63, 3.8) is 0 Å². The number of aromatic nitrogens is 4. The van der Waals surface area contributed by atoms with Crippen LogP contribution in [0.15, 0.2) is 12.4 Å². The Bertz CT molecular complexity index is 488. The van der Waals surface area contributed by atoms with Gasteiger partial charge >= 0.3 is 0 Å². The van der Waals surface area contributed by atoms with Gasteiger partial charge in [0.2, 0.25) is 5.13 Å². The van der Waals surface area contributed by atoms with Crippen LogP contribution < -0.4 is 5.32 Å². The lowest BCUT2D eigenvalue weighted by Gasteiger charge is -2.04. The zero-order valence-electron chi connectivity index (χ0n) is 11.1. The summed E-state index contributed by atoms with van der Waals surface area (Å²) in [5, 5.41) is 13.7. The van der Waals surface area contributed by atoms with Crippen LogP contribution in [-0.2, 0) is 13.0 Å². The molecule has 2 aromatic rings. The van der Waals surface area contributed by atoms with Gasteiger partial charge in [-0.15, -0.1) is 10.2 Å². The quantitative estimate of drug-likeness (QED) is 0.869. The van der Waals surface area contributed by atoms with Crippen molar-refractivity contribution < 1.29 is 0 Å². The van der Waals surface area contributed by atoms with Crippen molar-refractivity contribution in [2.45, 2.75) is 46.2 Å². The molecule has 0 aromatic carbocycles. The molecule has 0 aliphatic heterocycles. The van der Waals surface area contributed by atoms with Crippen molar-refractivity contribution in [3.05, 3.63) is 23.2 Å². The van der Waals surface area contributed by atoms with Crippen LogP contribution in [0.4, 0.5) is 0 Å². The van der Waals surface area contributed by atoms with Gasteiger partial charge in [0, 0.05) is 31.4 Å². The topological polar surface area (TPSA) is 55.6 Å². The van der Waals surface area contributed by atoms with E-state index in [1.807, 2.05) is 17.0 Å². The summed E-state index contributed by atoms with van der Waals surface area (Å²) in [4.78, 5) is 4.35. The third-order valence-electron chi connectivity index (χ3n) is 2.51. The molecule has 2 aromatic heterocycles. The van der Waals surface area contributed by atoms with E-state index in [0.29, 0.717) is 6.04 Å². The fraction of sp³-hybridized carbons (Fsp3) is 0.583. The van der Waals surface area contributed by atoms with Crippen molar-refractivity contribution in [2.75, 3.05) is 0 Å². The molecule has 18 heavy (non-hydrogen) atoms. The zero-order valence-corrected chi connectivity index (χ0v) is 11.9. The van der Waals surface area contributed by atoms with Gasteiger partial charge < -0.3 is 5.32 Å². The van der Waals surface area contributed by atoms with Crippen LogP contribution in [0.5, 0.6) is 0 Å². The monoisotopic (exact) mass is 265 g/mol. The van der Waals surface area contributed by atoms with Crippen molar-refractivity contribution in [2.24, 2.45) is 0 Å². The number of hydrogen-bond acceptors (Lipinski definition) is 5. The lowest BCUT2D eigenvalue weighted by atomic mass is 10.3. The standard InChI is InChI=1S/C12H19N5S/c1-4-5-10-13-6-7-17(10)12-16-15-11(18-12)8-14-9(2)3/h6-7,9,14H,4-5,8H2,1-3H3. The van der Waals surface area contributed by atoms with Gasteiger partial charge in [0.1, 0.15) is 10.8 Å². The molecule has 0 aliphatic rings. The summed E-state index contributed by atoms with van der Waals surface area (Å²) in [6.07, 6.45) is 5.81. The van der Waals surface area contributed by atoms with Gasteiger partial charge in [-0.05, 0) is 6.42 Å². The molecular formula is C12H19N5S. The first-order valence-corrected chi connectivity index (χ1v) is 7.10. The second-order valence-electron chi connectivity index (χ2n) is 4.48. The third kappa shape index (κ3) is 3.14. The minimum atomic E-state index is 0.459. The summed E-state index contributed by atoms with van der Waals surface area (Å²) in [5.41, 5.74) is 0. The molecule has 2 rings (SSSR count). The minimum Gasteiger partial charge on any atom is -0.308 e. The van der Waals surface area contributed by atoms with E-state index in [-0.39, 0.29) is 0 Å². The Morgan fingerprint density at radius 3 is 2.94 bits per heavy atom. The summed E-state index contributed by atoms with van der Waals surface area (Å²) in [6, 6.07) is 0.459. The molecule has 6 heteroatoms. The van der Waals surface area contributed by atoms with Crippen LogP contribution in [0.25, 0.3) is 5.13 Å². The average molecular weight is 265 g/mol. The molecule has 0 aliphatic carbocycles. The average Bonchev–Trinajstić information content (AvgIpc) is 2.94. The van der Waals surface area contributed by atoms with Crippen molar-refractivity contribution in [1.29, 1.82) is 0 Å². The smallest absolute Gasteiger partial charge is 0.217 e. The van der Waals surface area contributed by atoms with Gasteiger partial charge in [0.25, 0.3) is 0 Å². The highest BCUT2D eigenvalue weighted by molar-refractivity contribution is 7.13. The molecule has 0 amide bonds. The molecule has 2 heterocycles. The Labute approximate surface area is 111 Å². The summed E-state index contributed by atoms with van der Waals surface area (Å²) < 4.78 is 2.03. The first-order chi connectivity index (χ1) is 8.70. The fourth-order valence-electron chi connectivity index (χ4n) is 1.62.